The van der Waals surface area contributed by atoms with Gasteiger partial charge in [-0.05, 0) is 65.6 Å². The molecule has 0 aliphatic carbocycles. The van der Waals surface area contributed by atoms with Gasteiger partial charge in [0.05, 0.1) is 11.5 Å². The third-order valence-corrected chi connectivity index (χ3v) is 4.10. The second kappa shape index (κ2) is 6.92. The van der Waals surface area contributed by atoms with E-state index in [1.165, 1.54) is 9.75 Å². The molecule has 0 aliphatic rings. The highest BCUT2D eigenvalue weighted by molar-refractivity contribution is 7.11. The van der Waals surface area contributed by atoms with Gasteiger partial charge in [0.25, 0.3) is 0 Å². The third kappa shape index (κ3) is 5.66. The van der Waals surface area contributed by atoms with E-state index in [9.17, 15) is 0 Å². The number of thiophene rings is 1. The van der Waals surface area contributed by atoms with Crippen molar-refractivity contribution in [2.45, 2.75) is 53.0 Å². The SMILES string of the molecule is Cc1ccc(CC(C)NCCCC(C)(C)C#N)s1. The fourth-order valence-electron chi connectivity index (χ4n) is 1.90. The summed E-state index contributed by atoms with van der Waals surface area (Å²) in [7, 11) is 0. The van der Waals surface area contributed by atoms with Crippen molar-refractivity contribution in [3.63, 3.8) is 0 Å². The second-order valence-corrected chi connectivity index (χ2v) is 7.04. The minimum atomic E-state index is -0.185. The van der Waals surface area contributed by atoms with Gasteiger partial charge in [-0.2, -0.15) is 5.26 Å². The van der Waals surface area contributed by atoms with E-state index in [0.29, 0.717) is 6.04 Å². The van der Waals surface area contributed by atoms with E-state index in [1.807, 2.05) is 25.2 Å². The van der Waals surface area contributed by atoms with Crippen LogP contribution in [0.1, 0.15) is 43.4 Å². The highest BCUT2D eigenvalue weighted by Crippen LogP contribution is 2.20. The van der Waals surface area contributed by atoms with Gasteiger partial charge in [-0.15, -0.1) is 11.3 Å². The largest absolute Gasteiger partial charge is 0.314 e. The lowest BCUT2D eigenvalue weighted by atomic mass is 9.90. The van der Waals surface area contributed by atoms with Gasteiger partial charge in [0.15, 0.2) is 0 Å². The summed E-state index contributed by atoms with van der Waals surface area (Å²) in [5.41, 5.74) is -0.185. The summed E-state index contributed by atoms with van der Waals surface area (Å²) < 4.78 is 0. The van der Waals surface area contributed by atoms with Gasteiger partial charge < -0.3 is 5.32 Å². The van der Waals surface area contributed by atoms with Crippen molar-refractivity contribution in [1.82, 2.24) is 5.32 Å². The Bertz CT molecular complexity index is 401. The van der Waals surface area contributed by atoms with E-state index in [2.05, 4.69) is 37.4 Å². The molecule has 0 spiro atoms. The number of hydrogen-bond acceptors (Lipinski definition) is 3. The molecule has 0 aromatic carbocycles. The van der Waals surface area contributed by atoms with E-state index in [-0.39, 0.29) is 5.41 Å². The minimum absolute atomic E-state index is 0.185. The predicted molar refractivity (Wildman–Crippen MR) is 78.9 cm³/mol. The zero-order chi connectivity index (χ0) is 13.6. The van der Waals surface area contributed by atoms with Gasteiger partial charge in [0.2, 0.25) is 0 Å². The topological polar surface area (TPSA) is 35.8 Å². The van der Waals surface area contributed by atoms with Gasteiger partial charge in [0.1, 0.15) is 0 Å². The van der Waals surface area contributed by atoms with E-state index in [1.54, 1.807) is 0 Å². The Morgan fingerprint density at radius 2 is 2.17 bits per heavy atom. The van der Waals surface area contributed by atoms with Crippen molar-refractivity contribution in [1.29, 1.82) is 5.26 Å². The normalized spacial score (nSPS) is 13.3. The molecule has 1 aromatic heterocycles. The number of nitrogens with zero attached hydrogens (tertiary/aromatic N) is 1. The first-order chi connectivity index (χ1) is 8.43. The van der Waals surface area contributed by atoms with Crippen LogP contribution in [0.5, 0.6) is 0 Å². The number of nitrogens with one attached hydrogen (secondary N) is 1. The molecule has 100 valence electrons. The Kier molecular flexibility index (Phi) is 5.84. The summed E-state index contributed by atoms with van der Waals surface area (Å²) >= 11 is 1.88. The van der Waals surface area contributed by atoms with Crippen molar-refractivity contribution in [3.8, 4) is 6.07 Å². The highest BCUT2D eigenvalue weighted by atomic mass is 32.1. The Hall–Kier alpha value is -0.850. The minimum Gasteiger partial charge on any atom is -0.314 e. The zero-order valence-corrected chi connectivity index (χ0v) is 12.7. The van der Waals surface area contributed by atoms with E-state index in [4.69, 9.17) is 5.26 Å². The summed E-state index contributed by atoms with van der Waals surface area (Å²) in [5.74, 6) is 0. The average molecular weight is 264 g/mol. The maximum atomic E-state index is 8.93. The summed E-state index contributed by atoms with van der Waals surface area (Å²) in [6.45, 7) is 9.38. The molecule has 0 bridgehead atoms. The third-order valence-electron chi connectivity index (χ3n) is 3.08. The zero-order valence-electron chi connectivity index (χ0n) is 11.9. The molecule has 0 fully saturated rings. The van der Waals surface area contributed by atoms with Crippen molar-refractivity contribution < 1.29 is 0 Å². The van der Waals surface area contributed by atoms with Crippen LogP contribution < -0.4 is 5.32 Å². The summed E-state index contributed by atoms with van der Waals surface area (Å²) in [6, 6.07) is 7.26. The van der Waals surface area contributed by atoms with Crippen LogP contribution in [-0.2, 0) is 6.42 Å². The summed E-state index contributed by atoms with van der Waals surface area (Å²) in [6.07, 6.45) is 3.12. The molecule has 18 heavy (non-hydrogen) atoms. The molecule has 0 saturated carbocycles. The monoisotopic (exact) mass is 264 g/mol. The smallest absolute Gasteiger partial charge is 0.0683 e. The first kappa shape index (κ1) is 15.2. The lowest BCUT2D eigenvalue weighted by molar-refractivity contribution is 0.415. The van der Waals surface area contributed by atoms with Crippen LogP contribution in [0.2, 0.25) is 0 Å². The molecule has 0 aliphatic heterocycles. The molecule has 1 heterocycles. The van der Waals surface area contributed by atoms with Crippen molar-refractivity contribution in [2.75, 3.05) is 6.54 Å². The van der Waals surface area contributed by atoms with Gasteiger partial charge in [0, 0.05) is 15.8 Å². The van der Waals surface area contributed by atoms with Crippen LogP contribution in [0.25, 0.3) is 0 Å². The van der Waals surface area contributed by atoms with Gasteiger partial charge in [-0.1, -0.05) is 0 Å². The van der Waals surface area contributed by atoms with Crippen molar-refractivity contribution >= 4 is 11.3 Å². The fraction of sp³-hybridized carbons (Fsp3) is 0.667. The summed E-state index contributed by atoms with van der Waals surface area (Å²) in [4.78, 5) is 2.83. The molecule has 1 N–H and O–H groups in total. The van der Waals surface area contributed by atoms with E-state index < -0.39 is 0 Å². The van der Waals surface area contributed by atoms with Crippen LogP contribution >= 0.6 is 11.3 Å². The predicted octanol–water partition coefficient (Wildman–Crippen LogP) is 3.91. The highest BCUT2D eigenvalue weighted by Gasteiger charge is 2.15. The molecule has 0 saturated heterocycles. The Balaban J connectivity index is 2.18. The molecular weight excluding hydrogens is 240 g/mol. The molecule has 2 nitrogen and oxygen atoms in total. The van der Waals surface area contributed by atoms with E-state index >= 15 is 0 Å². The molecular formula is C15H24N2S. The lowest BCUT2D eigenvalue weighted by Crippen LogP contribution is -2.29. The fourth-order valence-corrected chi connectivity index (χ4v) is 2.92. The number of rotatable bonds is 7. The lowest BCUT2D eigenvalue weighted by Gasteiger charge is -2.17. The van der Waals surface area contributed by atoms with Crippen molar-refractivity contribution in [2.24, 2.45) is 5.41 Å². The van der Waals surface area contributed by atoms with Gasteiger partial charge in [-0.25, -0.2) is 0 Å². The molecule has 1 unspecified atom stereocenters. The Morgan fingerprint density at radius 3 is 2.72 bits per heavy atom. The van der Waals surface area contributed by atoms with Crippen LogP contribution in [0.3, 0.4) is 0 Å². The van der Waals surface area contributed by atoms with Crippen LogP contribution in [0.4, 0.5) is 0 Å². The average Bonchev–Trinajstić information content (AvgIpc) is 2.70. The van der Waals surface area contributed by atoms with Crippen LogP contribution in [0, 0.1) is 23.7 Å². The molecule has 1 aromatic rings. The van der Waals surface area contributed by atoms with Gasteiger partial charge >= 0.3 is 0 Å². The Labute approximate surface area is 115 Å². The van der Waals surface area contributed by atoms with Gasteiger partial charge in [-0.3, -0.25) is 0 Å². The number of hydrogen-bond donors (Lipinski definition) is 1. The Morgan fingerprint density at radius 1 is 1.44 bits per heavy atom. The van der Waals surface area contributed by atoms with E-state index in [0.717, 1.165) is 25.8 Å². The van der Waals surface area contributed by atoms with Crippen LogP contribution in [-0.4, -0.2) is 12.6 Å². The first-order valence-electron chi connectivity index (χ1n) is 6.63. The molecule has 1 atom stereocenters. The molecule has 0 amide bonds. The number of nitriles is 1. The molecule has 3 heteroatoms. The summed E-state index contributed by atoms with van der Waals surface area (Å²) in [5, 5.41) is 12.5. The van der Waals surface area contributed by atoms with Crippen LogP contribution in [0.15, 0.2) is 12.1 Å². The molecule has 0 radical (unpaired) electrons. The maximum absolute atomic E-state index is 8.93. The number of aryl methyl sites for hydroxylation is 1. The molecule has 1 rings (SSSR count). The standard InChI is InChI=1S/C15H24N2S/c1-12(10-14-7-6-13(2)18-14)17-9-5-8-15(3,4)11-16/h6-7,12,17H,5,8-10H2,1-4H3. The quantitative estimate of drug-likeness (QED) is 0.758. The second-order valence-electron chi connectivity index (χ2n) is 5.67. The first-order valence-corrected chi connectivity index (χ1v) is 7.44. The maximum Gasteiger partial charge on any atom is 0.0683 e. The van der Waals surface area contributed by atoms with Crippen molar-refractivity contribution in [3.05, 3.63) is 21.9 Å².